The Hall–Kier alpha value is -3.08. The molecular formula is C16H20N4O6S. The maximum Gasteiger partial charge on any atom is 0.325 e. The minimum Gasteiger partial charge on any atom is -0.491 e. The van der Waals surface area contributed by atoms with Crippen LogP contribution in [-0.2, 0) is 26.2 Å². The van der Waals surface area contributed by atoms with Gasteiger partial charge in [-0.15, -0.1) is 0 Å². The van der Waals surface area contributed by atoms with E-state index in [0.717, 1.165) is 4.68 Å². The molecule has 146 valence electrons. The summed E-state index contributed by atoms with van der Waals surface area (Å²) in [6.07, 6.45) is 1.35. The Morgan fingerprint density at radius 3 is 2.48 bits per heavy atom. The van der Waals surface area contributed by atoms with Crippen molar-refractivity contribution >= 4 is 33.4 Å². The molecular weight excluding hydrogens is 376 g/mol. The molecule has 0 aliphatic carbocycles. The Kier molecular flexibility index (Phi) is 6.40. The summed E-state index contributed by atoms with van der Waals surface area (Å²) in [6.45, 7) is 3.38. The number of aliphatic carboxylic acids is 1. The van der Waals surface area contributed by atoms with Crippen LogP contribution in [0, 0.1) is 0 Å². The van der Waals surface area contributed by atoms with Crippen LogP contribution in [0.2, 0.25) is 0 Å². The summed E-state index contributed by atoms with van der Waals surface area (Å²) in [5.74, 6) is -2.05. The van der Waals surface area contributed by atoms with Gasteiger partial charge in [-0.05, 0) is 38.1 Å². The average Bonchev–Trinajstić information content (AvgIpc) is 2.93. The summed E-state index contributed by atoms with van der Waals surface area (Å²) < 4.78 is 33.1. The molecule has 10 nitrogen and oxygen atoms in total. The van der Waals surface area contributed by atoms with Gasteiger partial charge in [0.25, 0.3) is 0 Å². The fourth-order valence-electron chi connectivity index (χ4n) is 2.10. The highest BCUT2D eigenvalue weighted by molar-refractivity contribution is 7.93. The maximum atomic E-state index is 12.1. The number of hydrogen-bond acceptors (Lipinski definition) is 6. The molecule has 1 aromatic carbocycles. The lowest BCUT2D eigenvalue weighted by atomic mass is 10.3. The van der Waals surface area contributed by atoms with Gasteiger partial charge in [0.2, 0.25) is 15.9 Å². The van der Waals surface area contributed by atoms with Crippen LogP contribution in [0.1, 0.15) is 13.8 Å². The van der Waals surface area contributed by atoms with Crippen molar-refractivity contribution in [3.63, 3.8) is 0 Å². The standard InChI is InChI=1S/C16H20N4O6S/c1-11(2)26-13-5-3-12(4-6-13)19-27(24,25)10-15(21)17-14-7-8-20(18-14)9-16(22)23/h3-8,11,19H,9-10H2,1-2H3,(H,22,23)(H,17,18,21). The van der Waals surface area contributed by atoms with Crippen molar-refractivity contribution in [1.82, 2.24) is 9.78 Å². The van der Waals surface area contributed by atoms with Gasteiger partial charge in [0, 0.05) is 18.0 Å². The average molecular weight is 396 g/mol. The van der Waals surface area contributed by atoms with E-state index in [2.05, 4.69) is 15.1 Å². The number of carbonyl (C=O) groups excluding carboxylic acids is 1. The Balaban J connectivity index is 1.92. The van der Waals surface area contributed by atoms with E-state index in [9.17, 15) is 18.0 Å². The highest BCUT2D eigenvalue weighted by Gasteiger charge is 2.17. The lowest BCUT2D eigenvalue weighted by molar-refractivity contribution is -0.137. The molecule has 0 aliphatic heterocycles. The number of benzene rings is 1. The molecule has 1 aromatic heterocycles. The molecule has 0 saturated carbocycles. The van der Waals surface area contributed by atoms with E-state index in [4.69, 9.17) is 9.84 Å². The quantitative estimate of drug-likeness (QED) is 0.577. The number of nitrogens with one attached hydrogen (secondary N) is 2. The number of sulfonamides is 1. The number of carboxylic acid groups (broad SMARTS) is 1. The van der Waals surface area contributed by atoms with Crippen LogP contribution in [-0.4, -0.2) is 47.0 Å². The van der Waals surface area contributed by atoms with Crippen molar-refractivity contribution in [2.45, 2.75) is 26.5 Å². The second-order valence-electron chi connectivity index (χ2n) is 5.89. The van der Waals surface area contributed by atoms with Gasteiger partial charge in [0.1, 0.15) is 18.0 Å². The lowest BCUT2D eigenvalue weighted by Gasteiger charge is -2.11. The molecule has 0 unspecified atom stereocenters. The third-order valence-electron chi connectivity index (χ3n) is 3.03. The van der Waals surface area contributed by atoms with Crippen molar-refractivity contribution in [2.24, 2.45) is 0 Å². The van der Waals surface area contributed by atoms with E-state index >= 15 is 0 Å². The second kappa shape index (κ2) is 8.54. The minimum atomic E-state index is -3.93. The summed E-state index contributed by atoms with van der Waals surface area (Å²) in [7, 11) is -3.93. The first-order valence-corrected chi connectivity index (χ1v) is 9.60. The van der Waals surface area contributed by atoms with Crippen molar-refractivity contribution in [2.75, 3.05) is 15.8 Å². The number of hydrogen-bond donors (Lipinski definition) is 3. The van der Waals surface area contributed by atoms with Gasteiger partial charge in [-0.25, -0.2) is 8.42 Å². The number of ether oxygens (including phenoxy) is 1. The van der Waals surface area contributed by atoms with Gasteiger partial charge in [-0.3, -0.25) is 19.0 Å². The molecule has 11 heteroatoms. The van der Waals surface area contributed by atoms with Crippen LogP contribution in [0.4, 0.5) is 11.5 Å². The van der Waals surface area contributed by atoms with E-state index < -0.39 is 27.7 Å². The zero-order valence-corrected chi connectivity index (χ0v) is 15.6. The largest absolute Gasteiger partial charge is 0.491 e. The number of carboxylic acids is 1. The number of carbonyl (C=O) groups is 2. The lowest BCUT2D eigenvalue weighted by Crippen LogP contribution is -2.27. The number of nitrogens with zero attached hydrogens (tertiary/aromatic N) is 2. The highest BCUT2D eigenvalue weighted by atomic mass is 32.2. The monoisotopic (exact) mass is 396 g/mol. The van der Waals surface area contributed by atoms with E-state index in [-0.39, 0.29) is 18.5 Å². The van der Waals surface area contributed by atoms with Crippen molar-refractivity contribution in [1.29, 1.82) is 0 Å². The molecule has 0 bridgehead atoms. The van der Waals surface area contributed by atoms with Crippen LogP contribution in [0.15, 0.2) is 36.5 Å². The van der Waals surface area contributed by atoms with Crippen LogP contribution < -0.4 is 14.8 Å². The zero-order chi connectivity index (χ0) is 20.0. The smallest absolute Gasteiger partial charge is 0.325 e. The third-order valence-corrected chi connectivity index (χ3v) is 4.21. The molecule has 27 heavy (non-hydrogen) atoms. The molecule has 0 spiro atoms. The SMILES string of the molecule is CC(C)Oc1ccc(NS(=O)(=O)CC(=O)Nc2ccn(CC(=O)O)n2)cc1. The molecule has 2 aromatic rings. The normalized spacial score (nSPS) is 11.2. The summed E-state index contributed by atoms with van der Waals surface area (Å²) >= 11 is 0. The summed E-state index contributed by atoms with van der Waals surface area (Å²) in [6, 6.07) is 7.66. The van der Waals surface area contributed by atoms with Crippen molar-refractivity contribution < 1.29 is 27.9 Å². The Labute approximate surface area is 156 Å². The number of rotatable bonds is 9. The summed E-state index contributed by atoms with van der Waals surface area (Å²) in [5, 5.41) is 14.8. The molecule has 2 rings (SSSR count). The topological polar surface area (TPSA) is 140 Å². The van der Waals surface area contributed by atoms with Crippen LogP contribution in [0.25, 0.3) is 0 Å². The van der Waals surface area contributed by atoms with Gasteiger partial charge in [-0.1, -0.05) is 0 Å². The maximum absolute atomic E-state index is 12.1. The van der Waals surface area contributed by atoms with Crippen molar-refractivity contribution in [3.05, 3.63) is 36.5 Å². The summed E-state index contributed by atoms with van der Waals surface area (Å²) in [5.41, 5.74) is 0.296. The van der Waals surface area contributed by atoms with Crippen LogP contribution >= 0.6 is 0 Å². The first-order chi connectivity index (χ1) is 12.6. The second-order valence-corrected chi connectivity index (χ2v) is 7.61. The minimum absolute atomic E-state index is 0.00443. The predicted octanol–water partition coefficient (Wildman–Crippen LogP) is 1.14. The van der Waals surface area contributed by atoms with Crippen molar-refractivity contribution in [3.8, 4) is 5.75 Å². The van der Waals surface area contributed by atoms with E-state index in [1.807, 2.05) is 13.8 Å². The van der Waals surface area contributed by atoms with Gasteiger partial charge < -0.3 is 15.2 Å². The number of anilines is 2. The zero-order valence-electron chi connectivity index (χ0n) is 14.7. The molecule has 0 fully saturated rings. The molecule has 3 N–H and O–H groups in total. The fraction of sp³-hybridized carbons (Fsp3) is 0.312. The molecule has 1 amide bonds. The van der Waals surface area contributed by atoms with Gasteiger partial charge in [0.15, 0.2) is 5.82 Å². The molecule has 1 heterocycles. The van der Waals surface area contributed by atoms with Gasteiger partial charge in [-0.2, -0.15) is 5.10 Å². The van der Waals surface area contributed by atoms with E-state index in [1.54, 1.807) is 12.1 Å². The first-order valence-electron chi connectivity index (χ1n) is 7.95. The highest BCUT2D eigenvalue weighted by Crippen LogP contribution is 2.18. The van der Waals surface area contributed by atoms with Crippen LogP contribution in [0.3, 0.4) is 0 Å². The molecule has 0 radical (unpaired) electrons. The van der Waals surface area contributed by atoms with Gasteiger partial charge >= 0.3 is 5.97 Å². The Morgan fingerprint density at radius 1 is 1.22 bits per heavy atom. The fourth-order valence-corrected chi connectivity index (χ4v) is 3.08. The van der Waals surface area contributed by atoms with E-state index in [1.165, 1.54) is 24.4 Å². The van der Waals surface area contributed by atoms with Crippen LogP contribution in [0.5, 0.6) is 5.75 Å². The molecule has 0 aliphatic rings. The molecule has 0 atom stereocenters. The number of aromatic nitrogens is 2. The molecule has 0 saturated heterocycles. The summed E-state index contributed by atoms with van der Waals surface area (Å²) in [4.78, 5) is 22.5. The predicted molar refractivity (Wildman–Crippen MR) is 98.1 cm³/mol. The van der Waals surface area contributed by atoms with Gasteiger partial charge in [0.05, 0.1) is 6.10 Å². The van der Waals surface area contributed by atoms with E-state index in [0.29, 0.717) is 11.4 Å². The number of amides is 1. The first kappa shape index (κ1) is 20.2. The Morgan fingerprint density at radius 2 is 1.89 bits per heavy atom. The Bertz CT molecular complexity index is 905. The third kappa shape index (κ3) is 6.98.